The van der Waals surface area contributed by atoms with E-state index in [9.17, 15) is 4.79 Å². The number of aromatic nitrogens is 2. The van der Waals surface area contributed by atoms with E-state index in [1.807, 2.05) is 7.05 Å². The van der Waals surface area contributed by atoms with Crippen LogP contribution in [0.4, 0.5) is 0 Å². The van der Waals surface area contributed by atoms with Crippen molar-refractivity contribution in [3.8, 4) is 0 Å². The normalized spacial score (nSPS) is 11.2. The second-order valence-corrected chi connectivity index (χ2v) is 4.58. The molecular weight excluding hydrogens is 212 g/mol. The van der Waals surface area contributed by atoms with Crippen LogP contribution >= 0.6 is 0 Å². The first-order chi connectivity index (χ1) is 8.17. The van der Waals surface area contributed by atoms with Gasteiger partial charge in [0.1, 0.15) is 0 Å². The van der Waals surface area contributed by atoms with Gasteiger partial charge in [-0.25, -0.2) is 4.79 Å². The van der Waals surface area contributed by atoms with Crippen LogP contribution in [0.15, 0.2) is 16.9 Å². The van der Waals surface area contributed by atoms with Crippen molar-refractivity contribution in [3.63, 3.8) is 0 Å². The van der Waals surface area contributed by atoms with Crippen LogP contribution in [0.1, 0.15) is 37.8 Å². The summed E-state index contributed by atoms with van der Waals surface area (Å²) in [5, 5.41) is 0. The van der Waals surface area contributed by atoms with E-state index in [-0.39, 0.29) is 5.69 Å². The van der Waals surface area contributed by atoms with Gasteiger partial charge in [0.2, 0.25) is 0 Å². The molecule has 0 saturated carbocycles. The Morgan fingerprint density at radius 1 is 1.24 bits per heavy atom. The van der Waals surface area contributed by atoms with Crippen molar-refractivity contribution in [2.24, 2.45) is 7.05 Å². The van der Waals surface area contributed by atoms with Crippen molar-refractivity contribution in [1.82, 2.24) is 9.55 Å². The summed E-state index contributed by atoms with van der Waals surface area (Å²) >= 11 is 0. The van der Waals surface area contributed by atoms with Crippen LogP contribution in [0.3, 0.4) is 0 Å². The molecule has 0 aliphatic carbocycles. The number of rotatable bonds is 4. The fourth-order valence-electron chi connectivity index (χ4n) is 2.29. The monoisotopic (exact) mass is 232 g/mol. The molecule has 17 heavy (non-hydrogen) atoms. The van der Waals surface area contributed by atoms with Gasteiger partial charge in [-0.15, -0.1) is 0 Å². The van der Waals surface area contributed by atoms with Crippen LogP contribution in [0.25, 0.3) is 11.0 Å². The Balaban J connectivity index is 2.56. The highest BCUT2D eigenvalue weighted by atomic mass is 16.1. The lowest BCUT2D eigenvalue weighted by atomic mass is 9.99. The van der Waals surface area contributed by atoms with Crippen molar-refractivity contribution in [1.29, 1.82) is 0 Å². The molecule has 0 aliphatic rings. The summed E-state index contributed by atoms with van der Waals surface area (Å²) in [7, 11) is 1.81. The molecule has 0 unspecified atom stereocenters. The Morgan fingerprint density at radius 2 is 2.00 bits per heavy atom. The van der Waals surface area contributed by atoms with Crippen molar-refractivity contribution in [2.75, 3.05) is 0 Å². The SMILES string of the molecule is CCCCc1cc2[nH]c(=O)n(C)c2cc1CC. The Labute approximate surface area is 101 Å². The zero-order valence-corrected chi connectivity index (χ0v) is 10.8. The third kappa shape index (κ3) is 2.14. The summed E-state index contributed by atoms with van der Waals surface area (Å²) in [5.74, 6) is 0. The minimum absolute atomic E-state index is 0.0327. The Bertz CT molecular complexity index is 578. The van der Waals surface area contributed by atoms with Crippen LogP contribution in [0.2, 0.25) is 0 Å². The number of H-pyrrole nitrogens is 1. The number of aryl methyl sites for hydroxylation is 3. The number of hydrogen-bond acceptors (Lipinski definition) is 1. The largest absolute Gasteiger partial charge is 0.326 e. The average Bonchev–Trinajstić information content (AvgIpc) is 2.61. The molecule has 3 nitrogen and oxygen atoms in total. The molecule has 0 amide bonds. The summed E-state index contributed by atoms with van der Waals surface area (Å²) in [5.41, 5.74) is 4.67. The maximum absolute atomic E-state index is 11.6. The number of aromatic amines is 1. The topological polar surface area (TPSA) is 37.8 Å². The van der Waals surface area contributed by atoms with Gasteiger partial charge in [0, 0.05) is 7.05 Å². The summed E-state index contributed by atoms with van der Waals surface area (Å²) < 4.78 is 1.68. The zero-order valence-electron chi connectivity index (χ0n) is 10.8. The molecule has 0 atom stereocenters. The van der Waals surface area contributed by atoms with Gasteiger partial charge in [-0.05, 0) is 42.5 Å². The summed E-state index contributed by atoms with van der Waals surface area (Å²) in [6.45, 7) is 4.37. The van der Waals surface area contributed by atoms with Crippen LogP contribution in [-0.2, 0) is 19.9 Å². The van der Waals surface area contributed by atoms with Gasteiger partial charge in [0.15, 0.2) is 0 Å². The summed E-state index contributed by atoms with van der Waals surface area (Å²) in [6, 6.07) is 4.30. The van der Waals surface area contributed by atoms with Crippen molar-refractivity contribution < 1.29 is 0 Å². The molecular formula is C14H20N2O. The second-order valence-electron chi connectivity index (χ2n) is 4.58. The van der Waals surface area contributed by atoms with E-state index in [1.165, 1.54) is 24.0 Å². The lowest BCUT2D eigenvalue weighted by molar-refractivity contribution is 0.788. The molecule has 1 N–H and O–H groups in total. The van der Waals surface area contributed by atoms with Gasteiger partial charge in [-0.2, -0.15) is 0 Å². The second kappa shape index (κ2) is 4.78. The highest BCUT2D eigenvalue weighted by Crippen LogP contribution is 2.20. The van der Waals surface area contributed by atoms with E-state index in [1.54, 1.807) is 4.57 Å². The van der Waals surface area contributed by atoms with Gasteiger partial charge in [-0.3, -0.25) is 4.57 Å². The number of imidazole rings is 1. The smallest absolute Gasteiger partial charge is 0.306 e. The number of benzene rings is 1. The molecule has 0 radical (unpaired) electrons. The summed E-state index contributed by atoms with van der Waals surface area (Å²) in [6.07, 6.45) is 4.53. The van der Waals surface area contributed by atoms with E-state index in [0.717, 1.165) is 23.9 Å². The van der Waals surface area contributed by atoms with Gasteiger partial charge in [0.25, 0.3) is 0 Å². The molecule has 0 fully saturated rings. The molecule has 1 aromatic heterocycles. The molecule has 2 rings (SSSR count). The Kier molecular flexibility index (Phi) is 3.36. The highest BCUT2D eigenvalue weighted by molar-refractivity contribution is 5.77. The first-order valence-corrected chi connectivity index (χ1v) is 6.37. The maximum atomic E-state index is 11.6. The number of hydrogen-bond donors (Lipinski definition) is 1. The van der Waals surface area contributed by atoms with E-state index >= 15 is 0 Å². The van der Waals surface area contributed by atoms with Crippen LogP contribution in [-0.4, -0.2) is 9.55 Å². The van der Waals surface area contributed by atoms with Crippen LogP contribution in [0, 0.1) is 0 Å². The predicted molar refractivity (Wildman–Crippen MR) is 71.5 cm³/mol. The van der Waals surface area contributed by atoms with Gasteiger partial charge < -0.3 is 4.98 Å². The van der Waals surface area contributed by atoms with E-state index in [4.69, 9.17) is 0 Å². The molecule has 0 aliphatic heterocycles. The number of nitrogens with zero attached hydrogens (tertiary/aromatic N) is 1. The minimum Gasteiger partial charge on any atom is -0.306 e. The highest BCUT2D eigenvalue weighted by Gasteiger charge is 2.08. The molecule has 0 saturated heterocycles. The zero-order chi connectivity index (χ0) is 12.4. The van der Waals surface area contributed by atoms with Crippen molar-refractivity contribution in [3.05, 3.63) is 33.7 Å². The molecule has 1 heterocycles. The Hall–Kier alpha value is -1.51. The molecule has 0 spiro atoms. The standard InChI is InChI=1S/C14H20N2O/c1-4-6-7-11-8-12-13(9-10(11)5-2)16(3)14(17)15-12/h8-9H,4-7H2,1-3H3,(H,15,17). The first kappa shape index (κ1) is 12.0. The van der Waals surface area contributed by atoms with E-state index in [0.29, 0.717) is 0 Å². The molecule has 1 aromatic carbocycles. The first-order valence-electron chi connectivity index (χ1n) is 6.37. The quantitative estimate of drug-likeness (QED) is 0.864. The van der Waals surface area contributed by atoms with Crippen molar-refractivity contribution >= 4 is 11.0 Å². The van der Waals surface area contributed by atoms with Gasteiger partial charge >= 0.3 is 5.69 Å². The van der Waals surface area contributed by atoms with Gasteiger partial charge in [-0.1, -0.05) is 20.3 Å². The van der Waals surface area contributed by atoms with Crippen molar-refractivity contribution in [2.45, 2.75) is 39.5 Å². The molecule has 0 bridgehead atoms. The maximum Gasteiger partial charge on any atom is 0.326 e. The van der Waals surface area contributed by atoms with E-state index < -0.39 is 0 Å². The predicted octanol–water partition coefficient (Wildman–Crippen LogP) is 2.77. The number of fused-ring (bicyclic) bond motifs is 1. The fourth-order valence-corrected chi connectivity index (χ4v) is 2.29. The minimum atomic E-state index is -0.0327. The third-order valence-electron chi connectivity index (χ3n) is 3.41. The number of nitrogens with one attached hydrogen (secondary N) is 1. The molecule has 3 heteroatoms. The Morgan fingerprint density at radius 3 is 2.65 bits per heavy atom. The average molecular weight is 232 g/mol. The molecule has 92 valence electrons. The van der Waals surface area contributed by atoms with Crippen LogP contribution < -0.4 is 5.69 Å². The van der Waals surface area contributed by atoms with Gasteiger partial charge in [0.05, 0.1) is 11.0 Å². The third-order valence-corrected chi connectivity index (χ3v) is 3.41. The lowest BCUT2D eigenvalue weighted by Gasteiger charge is -2.08. The van der Waals surface area contributed by atoms with E-state index in [2.05, 4.69) is 31.0 Å². The fraction of sp³-hybridized carbons (Fsp3) is 0.500. The molecule has 2 aromatic rings. The lowest BCUT2D eigenvalue weighted by Crippen LogP contribution is -2.11. The van der Waals surface area contributed by atoms with Crippen LogP contribution in [0.5, 0.6) is 0 Å². The number of unbranched alkanes of at least 4 members (excludes halogenated alkanes) is 1. The summed E-state index contributed by atoms with van der Waals surface area (Å²) in [4.78, 5) is 14.5.